The van der Waals surface area contributed by atoms with Crippen LogP contribution in [-0.4, -0.2) is 9.13 Å². The third kappa shape index (κ3) is 3.34. The fourth-order valence-corrected chi connectivity index (χ4v) is 8.12. The van der Waals surface area contributed by atoms with Crippen molar-refractivity contribution >= 4 is 87.5 Å². The topological polar surface area (TPSA) is 83.7 Å². The molecule has 0 radical (unpaired) electrons. The van der Waals surface area contributed by atoms with Gasteiger partial charge in [-0.1, -0.05) is 72.8 Å². The number of furan rings is 2. The molecule has 0 aliphatic heterocycles. The van der Waals surface area contributed by atoms with Crippen LogP contribution in [0, 0.1) is 22.7 Å². The zero-order valence-corrected chi connectivity index (χ0v) is 26.3. The van der Waals surface area contributed by atoms with Gasteiger partial charge in [-0.2, -0.15) is 10.5 Å². The highest BCUT2D eigenvalue weighted by atomic mass is 16.3. The molecule has 0 fully saturated rings. The Morgan fingerprint density at radius 1 is 0.400 bits per heavy atom. The van der Waals surface area contributed by atoms with Gasteiger partial charge in [0.2, 0.25) is 0 Å². The molecule has 6 nitrogen and oxygen atoms in total. The van der Waals surface area contributed by atoms with Crippen molar-refractivity contribution in [1.29, 1.82) is 10.5 Å². The standard InChI is InChI=1S/C44H22N4O2/c45-23-25-21-26(24-46)38(48-34-14-6-2-12-32(34)42-36(48)20-18-30-28-10-4-8-16-40(28)50-44(30)42)22-37(25)47-33-13-5-1-11-31(33)41-35(47)19-17-29-27-9-3-7-15-39(27)49-43(29)41/h1-22H. The minimum absolute atomic E-state index is 0.401. The predicted molar refractivity (Wildman–Crippen MR) is 199 cm³/mol. The summed E-state index contributed by atoms with van der Waals surface area (Å²) in [5, 5.41) is 29.4. The van der Waals surface area contributed by atoms with Gasteiger partial charge in [0, 0.05) is 32.3 Å². The van der Waals surface area contributed by atoms with Crippen LogP contribution in [0.15, 0.2) is 142 Å². The molecule has 0 aliphatic rings. The number of benzene rings is 7. The number of hydrogen-bond donors (Lipinski definition) is 0. The van der Waals surface area contributed by atoms with Crippen LogP contribution in [0.5, 0.6) is 0 Å². The van der Waals surface area contributed by atoms with E-state index in [1.54, 1.807) is 6.07 Å². The van der Waals surface area contributed by atoms with Gasteiger partial charge in [0.15, 0.2) is 0 Å². The van der Waals surface area contributed by atoms with E-state index in [1.165, 1.54) is 0 Å². The molecule has 6 heteroatoms. The summed E-state index contributed by atoms with van der Waals surface area (Å²) in [7, 11) is 0. The van der Waals surface area contributed by atoms with Crippen molar-refractivity contribution in [3.8, 4) is 23.5 Å². The molecule has 0 spiro atoms. The van der Waals surface area contributed by atoms with Crippen LogP contribution in [-0.2, 0) is 0 Å². The molecule has 0 amide bonds. The second kappa shape index (κ2) is 9.64. The van der Waals surface area contributed by atoms with Crippen LogP contribution in [0.4, 0.5) is 0 Å². The Bertz CT molecular complexity index is 3130. The Morgan fingerprint density at radius 3 is 1.28 bits per heavy atom. The largest absolute Gasteiger partial charge is 0.455 e. The van der Waals surface area contributed by atoms with E-state index in [9.17, 15) is 10.5 Å². The maximum absolute atomic E-state index is 10.6. The van der Waals surface area contributed by atoms with Gasteiger partial charge in [0.05, 0.1) is 55.3 Å². The molecule has 4 heterocycles. The summed E-state index contributed by atoms with van der Waals surface area (Å²) in [6, 6.07) is 49.5. The lowest BCUT2D eigenvalue weighted by atomic mass is 10.1. The van der Waals surface area contributed by atoms with Crippen LogP contribution in [0.1, 0.15) is 11.1 Å². The van der Waals surface area contributed by atoms with E-state index in [0.717, 1.165) is 87.5 Å². The van der Waals surface area contributed by atoms with Crippen LogP contribution in [0.25, 0.3) is 98.9 Å². The van der Waals surface area contributed by atoms with E-state index in [4.69, 9.17) is 8.83 Å². The van der Waals surface area contributed by atoms with E-state index in [0.29, 0.717) is 22.5 Å². The Morgan fingerprint density at radius 2 is 0.820 bits per heavy atom. The number of fused-ring (bicyclic) bond motifs is 14. The minimum atomic E-state index is 0.401. The molecule has 0 N–H and O–H groups in total. The molecule has 0 saturated heterocycles. The highest BCUT2D eigenvalue weighted by Crippen LogP contribution is 2.44. The van der Waals surface area contributed by atoms with E-state index < -0.39 is 0 Å². The molecule has 0 unspecified atom stereocenters. The summed E-state index contributed by atoms with van der Waals surface area (Å²) in [4.78, 5) is 0. The molecule has 0 aliphatic carbocycles. The smallest absolute Gasteiger partial charge is 0.145 e. The van der Waals surface area contributed by atoms with Crippen molar-refractivity contribution in [2.45, 2.75) is 0 Å². The average Bonchev–Trinajstić information content (AvgIpc) is 3.91. The number of aromatic nitrogens is 2. The summed E-state index contributed by atoms with van der Waals surface area (Å²) >= 11 is 0. The molecule has 4 aromatic heterocycles. The highest BCUT2D eigenvalue weighted by Gasteiger charge is 2.24. The number of nitriles is 2. The Hall–Kier alpha value is -7.28. The molecule has 0 atom stereocenters. The molecular weight excluding hydrogens is 617 g/mol. The quantitative estimate of drug-likeness (QED) is 0.189. The zero-order valence-electron chi connectivity index (χ0n) is 26.3. The van der Waals surface area contributed by atoms with Gasteiger partial charge < -0.3 is 18.0 Å². The summed E-state index contributed by atoms with van der Waals surface area (Å²) in [5.41, 5.74) is 9.14. The Kier molecular flexibility index (Phi) is 5.16. The van der Waals surface area contributed by atoms with Gasteiger partial charge in [-0.25, -0.2) is 0 Å². The second-order valence-corrected chi connectivity index (χ2v) is 12.7. The zero-order chi connectivity index (χ0) is 33.1. The predicted octanol–water partition coefficient (Wildman–Crippen LogP) is 11.4. The van der Waals surface area contributed by atoms with E-state index in [-0.39, 0.29) is 0 Å². The van der Waals surface area contributed by atoms with E-state index in [1.807, 2.05) is 66.7 Å². The second-order valence-electron chi connectivity index (χ2n) is 12.7. The van der Waals surface area contributed by atoms with Crippen molar-refractivity contribution < 1.29 is 8.83 Å². The van der Waals surface area contributed by atoms with Crippen molar-refractivity contribution in [2.75, 3.05) is 0 Å². The first-order valence-corrected chi connectivity index (χ1v) is 16.4. The first kappa shape index (κ1) is 26.8. The third-order valence-corrected chi connectivity index (χ3v) is 10.2. The van der Waals surface area contributed by atoms with Gasteiger partial charge >= 0.3 is 0 Å². The van der Waals surface area contributed by atoms with Gasteiger partial charge in [0.25, 0.3) is 0 Å². The summed E-state index contributed by atoms with van der Waals surface area (Å²) < 4.78 is 17.3. The Balaban J connectivity index is 1.27. The van der Waals surface area contributed by atoms with E-state index >= 15 is 0 Å². The normalized spacial score (nSPS) is 12.0. The molecule has 0 bridgehead atoms. The number of hydrogen-bond acceptors (Lipinski definition) is 4. The number of nitrogens with zero attached hydrogens (tertiary/aromatic N) is 4. The molecule has 11 aromatic rings. The van der Waals surface area contributed by atoms with Crippen LogP contribution >= 0.6 is 0 Å². The molecular formula is C44H22N4O2. The lowest BCUT2D eigenvalue weighted by molar-refractivity contribution is 0.672. The lowest BCUT2D eigenvalue weighted by Gasteiger charge is -2.16. The van der Waals surface area contributed by atoms with Gasteiger partial charge in [0.1, 0.15) is 34.5 Å². The fourth-order valence-electron chi connectivity index (χ4n) is 8.12. The lowest BCUT2D eigenvalue weighted by Crippen LogP contribution is -2.04. The van der Waals surface area contributed by atoms with Crippen LogP contribution < -0.4 is 0 Å². The first-order valence-electron chi connectivity index (χ1n) is 16.4. The first-order chi connectivity index (χ1) is 24.7. The minimum Gasteiger partial charge on any atom is -0.455 e. The summed E-state index contributed by atoms with van der Waals surface area (Å²) in [6.45, 7) is 0. The molecule has 0 saturated carbocycles. The number of rotatable bonds is 2. The maximum Gasteiger partial charge on any atom is 0.145 e. The SMILES string of the molecule is N#Cc1cc(C#N)c(-n2c3ccccc3c3c4oc5ccccc5c4ccc32)cc1-n1c2ccccc2c2c3oc4ccccc4c3ccc21. The van der Waals surface area contributed by atoms with Crippen molar-refractivity contribution in [1.82, 2.24) is 9.13 Å². The van der Waals surface area contributed by atoms with Crippen molar-refractivity contribution in [3.63, 3.8) is 0 Å². The van der Waals surface area contributed by atoms with Gasteiger partial charge in [-0.3, -0.25) is 0 Å². The van der Waals surface area contributed by atoms with Crippen LogP contribution in [0.3, 0.4) is 0 Å². The van der Waals surface area contributed by atoms with Crippen molar-refractivity contribution in [3.05, 3.63) is 145 Å². The third-order valence-electron chi connectivity index (χ3n) is 10.2. The van der Waals surface area contributed by atoms with E-state index in [2.05, 4.69) is 81.9 Å². The highest BCUT2D eigenvalue weighted by molar-refractivity contribution is 6.25. The summed E-state index contributed by atoms with van der Waals surface area (Å²) in [6.07, 6.45) is 0. The van der Waals surface area contributed by atoms with Gasteiger partial charge in [-0.05, 0) is 60.7 Å². The number of para-hydroxylation sites is 4. The summed E-state index contributed by atoms with van der Waals surface area (Å²) in [5.74, 6) is 0. The molecule has 50 heavy (non-hydrogen) atoms. The maximum atomic E-state index is 10.6. The monoisotopic (exact) mass is 638 g/mol. The fraction of sp³-hybridized carbons (Fsp3) is 0. The molecule has 7 aromatic carbocycles. The van der Waals surface area contributed by atoms with Gasteiger partial charge in [-0.15, -0.1) is 0 Å². The van der Waals surface area contributed by atoms with Crippen LogP contribution in [0.2, 0.25) is 0 Å². The van der Waals surface area contributed by atoms with Crippen molar-refractivity contribution in [2.24, 2.45) is 0 Å². The average molecular weight is 639 g/mol. The molecule has 230 valence electrons. The Labute approximate surface area is 283 Å². The molecule has 11 rings (SSSR count).